The molecule has 9 heavy (non-hydrogen) atoms. The van der Waals surface area contributed by atoms with Crippen LogP contribution in [-0.2, 0) is 14.3 Å². The van der Waals surface area contributed by atoms with Gasteiger partial charge in [-0.15, -0.1) is 9.24 Å². The zero-order valence-corrected chi connectivity index (χ0v) is 6.11. The van der Waals surface area contributed by atoms with Gasteiger partial charge in [-0.1, -0.05) is 0 Å². The average molecular weight is 146 g/mol. The molecule has 0 bridgehead atoms. The van der Waals surface area contributed by atoms with Crippen LogP contribution >= 0.6 is 9.24 Å². The van der Waals surface area contributed by atoms with Crippen molar-refractivity contribution in [3.8, 4) is 0 Å². The van der Waals surface area contributed by atoms with Gasteiger partial charge in [-0.05, 0) is 6.92 Å². The summed E-state index contributed by atoms with van der Waals surface area (Å²) >= 11 is 0. The molecule has 1 fully saturated rings. The van der Waals surface area contributed by atoms with Gasteiger partial charge in [-0.2, -0.15) is 0 Å². The molecule has 1 saturated heterocycles. The lowest BCUT2D eigenvalue weighted by Crippen LogP contribution is -2.50. The highest BCUT2D eigenvalue weighted by Gasteiger charge is 2.41. The van der Waals surface area contributed by atoms with E-state index in [-0.39, 0.29) is 17.4 Å². The summed E-state index contributed by atoms with van der Waals surface area (Å²) in [5, 5.41) is 0. The van der Waals surface area contributed by atoms with Crippen LogP contribution in [0.25, 0.3) is 0 Å². The number of carbonyl (C=O) groups is 2. The van der Waals surface area contributed by atoms with E-state index in [0.29, 0.717) is 0 Å². The van der Waals surface area contributed by atoms with Crippen LogP contribution in [0.1, 0.15) is 6.92 Å². The molecule has 0 aromatic rings. The van der Waals surface area contributed by atoms with Crippen molar-refractivity contribution in [3.05, 3.63) is 0 Å². The highest BCUT2D eigenvalue weighted by atomic mass is 31.0. The third kappa shape index (κ3) is 0.969. The van der Waals surface area contributed by atoms with Gasteiger partial charge in [0.25, 0.3) is 0 Å². The first kappa shape index (κ1) is 6.69. The lowest BCUT2D eigenvalue weighted by atomic mass is 10.1. The number of Topliss-reactive ketones (excluding diaryl/α,β-unsaturated/α-hetero) is 1. The molecule has 0 aliphatic carbocycles. The van der Waals surface area contributed by atoms with Crippen LogP contribution in [0.15, 0.2) is 0 Å². The largest absolute Gasteiger partial charge is 0.452 e. The summed E-state index contributed by atoms with van der Waals surface area (Å²) in [6.07, 6.45) is -0.498. The molecule has 1 aliphatic rings. The van der Waals surface area contributed by atoms with E-state index in [4.69, 9.17) is 0 Å². The molecule has 1 unspecified atom stereocenters. The minimum atomic E-state index is -0.498. The second kappa shape index (κ2) is 2.07. The van der Waals surface area contributed by atoms with Gasteiger partial charge in [0.15, 0.2) is 11.9 Å². The van der Waals surface area contributed by atoms with E-state index in [1.807, 2.05) is 0 Å². The van der Waals surface area contributed by atoms with Gasteiger partial charge in [-0.3, -0.25) is 9.59 Å². The van der Waals surface area contributed by atoms with Crippen molar-refractivity contribution in [2.24, 2.45) is 0 Å². The van der Waals surface area contributed by atoms with Crippen molar-refractivity contribution in [1.82, 2.24) is 0 Å². The summed E-state index contributed by atoms with van der Waals surface area (Å²) < 4.78 is 4.50. The number of carbonyl (C=O) groups excluding carboxylic acids is 2. The molecule has 0 N–H and O–H groups in total. The number of hydrogen-bond donors (Lipinski definition) is 0. The normalized spacial score (nSPS) is 32.9. The average Bonchev–Trinajstić information content (AvgIpc) is 1.81. The lowest BCUT2D eigenvalue weighted by molar-refractivity contribution is -0.171. The molecule has 0 radical (unpaired) electrons. The molecule has 0 aromatic carbocycles. The van der Waals surface area contributed by atoms with Crippen molar-refractivity contribution in [3.63, 3.8) is 0 Å². The number of ketones is 1. The highest BCUT2D eigenvalue weighted by Crippen LogP contribution is 2.22. The Morgan fingerprint density at radius 3 is 2.44 bits per heavy atom. The zero-order valence-electron chi connectivity index (χ0n) is 4.96. The standard InChI is InChI=1S/C5H7O3P/c1-2(6)3-4(9)5(7)8-3/h3-4H,9H2,1H3/t3-,4-/m0/s1. The van der Waals surface area contributed by atoms with Gasteiger partial charge >= 0.3 is 5.97 Å². The number of cyclic esters (lactones) is 1. The molecule has 3 nitrogen and oxygen atoms in total. The molecule has 0 amide bonds. The summed E-state index contributed by atoms with van der Waals surface area (Å²) in [6, 6.07) is 0. The van der Waals surface area contributed by atoms with E-state index < -0.39 is 6.10 Å². The van der Waals surface area contributed by atoms with Crippen molar-refractivity contribution in [1.29, 1.82) is 0 Å². The predicted octanol–water partition coefficient (Wildman–Crippen LogP) is -0.256. The Bertz CT molecular complexity index is 166. The van der Waals surface area contributed by atoms with Crippen molar-refractivity contribution in [2.75, 3.05) is 0 Å². The van der Waals surface area contributed by atoms with E-state index in [1.54, 1.807) is 0 Å². The summed E-state index contributed by atoms with van der Waals surface area (Å²) in [5.74, 6) is -0.394. The molecule has 3 atom stereocenters. The first-order valence-corrected chi connectivity index (χ1v) is 3.26. The Morgan fingerprint density at radius 2 is 2.33 bits per heavy atom. The van der Waals surface area contributed by atoms with Gasteiger partial charge in [0.2, 0.25) is 0 Å². The SMILES string of the molecule is CC(=O)[C@@H]1OC(=O)[C@H]1P. The maximum atomic E-state index is 10.5. The molecular formula is C5H7O3P. The minimum absolute atomic E-state index is 0.0883. The van der Waals surface area contributed by atoms with Crippen LogP contribution < -0.4 is 0 Å². The highest BCUT2D eigenvalue weighted by molar-refractivity contribution is 7.20. The molecule has 0 aromatic heterocycles. The van der Waals surface area contributed by atoms with Crippen molar-refractivity contribution in [2.45, 2.75) is 18.7 Å². The minimum Gasteiger partial charge on any atom is -0.452 e. The zero-order chi connectivity index (χ0) is 7.02. The number of hydrogen-bond acceptors (Lipinski definition) is 3. The Morgan fingerprint density at radius 1 is 1.78 bits per heavy atom. The van der Waals surface area contributed by atoms with Gasteiger partial charge in [-0.25, -0.2) is 0 Å². The molecule has 1 rings (SSSR count). The predicted molar refractivity (Wildman–Crippen MR) is 34.1 cm³/mol. The molecule has 0 spiro atoms. The van der Waals surface area contributed by atoms with E-state index in [2.05, 4.69) is 14.0 Å². The molecule has 0 saturated carbocycles. The molecule has 1 heterocycles. The number of ether oxygens (including phenoxy) is 1. The maximum Gasteiger partial charge on any atom is 0.317 e. The molecular weight excluding hydrogens is 139 g/mol. The van der Waals surface area contributed by atoms with Crippen LogP contribution in [0.5, 0.6) is 0 Å². The fourth-order valence-electron chi connectivity index (χ4n) is 0.664. The first-order valence-electron chi connectivity index (χ1n) is 2.59. The Hall–Kier alpha value is -0.430. The molecule has 1 aliphatic heterocycles. The van der Waals surface area contributed by atoms with Gasteiger partial charge in [0.05, 0.1) is 0 Å². The van der Waals surface area contributed by atoms with Crippen LogP contribution in [0.2, 0.25) is 0 Å². The Labute approximate surface area is 55.0 Å². The fraction of sp³-hybridized carbons (Fsp3) is 0.600. The van der Waals surface area contributed by atoms with E-state index in [0.717, 1.165) is 0 Å². The lowest BCUT2D eigenvalue weighted by Gasteiger charge is -2.29. The van der Waals surface area contributed by atoms with Gasteiger partial charge in [0, 0.05) is 0 Å². The summed E-state index contributed by atoms with van der Waals surface area (Å²) in [4.78, 5) is 20.8. The topological polar surface area (TPSA) is 43.4 Å². The van der Waals surface area contributed by atoms with Crippen LogP contribution in [-0.4, -0.2) is 23.5 Å². The Balaban J connectivity index is 2.51. The fourth-order valence-corrected chi connectivity index (χ4v) is 1.09. The summed E-state index contributed by atoms with van der Waals surface area (Å²) in [7, 11) is 2.27. The monoisotopic (exact) mass is 146 g/mol. The van der Waals surface area contributed by atoms with Crippen molar-refractivity contribution >= 4 is 21.0 Å². The smallest absolute Gasteiger partial charge is 0.317 e. The second-order valence-corrected chi connectivity index (χ2v) is 2.71. The number of rotatable bonds is 1. The maximum absolute atomic E-state index is 10.5. The van der Waals surface area contributed by atoms with Gasteiger partial charge < -0.3 is 4.74 Å². The molecule has 4 heteroatoms. The van der Waals surface area contributed by atoms with E-state index in [1.165, 1.54) is 6.92 Å². The summed E-state index contributed by atoms with van der Waals surface area (Å²) in [6.45, 7) is 1.41. The quantitative estimate of drug-likeness (QED) is 0.378. The second-order valence-electron chi connectivity index (χ2n) is 1.99. The summed E-state index contributed by atoms with van der Waals surface area (Å²) in [5.41, 5.74) is -0.303. The number of esters is 1. The van der Waals surface area contributed by atoms with Crippen molar-refractivity contribution < 1.29 is 14.3 Å². The van der Waals surface area contributed by atoms with Gasteiger partial charge in [0.1, 0.15) is 5.66 Å². The Kier molecular flexibility index (Phi) is 1.54. The van der Waals surface area contributed by atoms with Crippen LogP contribution in [0.3, 0.4) is 0 Å². The van der Waals surface area contributed by atoms with Crippen LogP contribution in [0, 0.1) is 0 Å². The third-order valence-corrected chi connectivity index (χ3v) is 1.86. The third-order valence-electron chi connectivity index (χ3n) is 1.24. The van der Waals surface area contributed by atoms with E-state index in [9.17, 15) is 9.59 Å². The molecule has 50 valence electrons. The van der Waals surface area contributed by atoms with Crippen LogP contribution in [0.4, 0.5) is 0 Å². The van der Waals surface area contributed by atoms with E-state index >= 15 is 0 Å². The first-order chi connectivity index (χ1) is 4.13.